The summed E-state index contributed by atoms with van der Waals surface area (Å²) in [5, 5.41) is 7.65. The predicted octanol–water partition coefficient (Wildman–Crippen LogP) is 3.18. The van der Waals surface area contributed by atoms with Gasteiger partial charge in [-0.25, -0.2) is 14.5 Å². The molecule has 126 valence electrons. The van der Waals surface area contributed by atoms with Crippen molar-refractivity contribution in [2.75, 3.05) is 18.4 Å². The smallest absolute Gasteiger partial charge is 0.283 e. The van der Waals surface area contributed by atoms with Crippen molar-refractivity contribution >= 4 is 28.8 Å². The number of carbonyl (C=O) groups is 1. The Morgan fingerprint density at radius 2 is 2.12 bits per heavy atom. The molecule has 0 atom stereocenters. The average molecular weight is 352 g/mol. The van der Waals surface area contributed by atoms with Crippen LogP contribution < -0.4 is 5.32 Å². The Hall–Kier alpha value is -3.00. The van der Waals surface area contributed by atoms with E-state index in [1.807, 2.05) is 48.1 Å². The van der Waals surface area contributed by atoms with E-state index in [-0.39, 0.29) is 6.03 Å². The molecule has 4 rings (SSSR count). The van der Waals surface area contributed by atoms with Gasteiger partial charge in [0, 0.05) is 18.9 Å². The van der Waals surface area contributed by atoms with Crippen molar-refractivity contribution in [2.45, 2.75) is 6.92 Å². The van der Waals surface area contributed by atoms with Gasteiger partial charge in [-0.15, -0.1) is 0 Å². The summed E-state index contributed by atoms with van der Waals surface area (Å²) >= 11 is 1.47. The van der Waals surface area contributed by atoms with Gasteiger partial charge in [-0.2, -0.15) is 5.10 Å². The fourth-order valence-corrected chi connectivity index (χ4v) is 3.56. The lowest BCUT2D eigenvalue weighted by Crippen LogP contribution is -2.32. The van der Waals surface area contributed by atoms with Crippen LogP contribution in [0.2, 0.25) is 0 Å². The number of hydrogen-bond donors (Lipinski definition) is 1. The van der Waals surface area contributed by atoms with Gasteiger partial charge in [-0.3, -0.25) is 15.2 Å². The Morgan fingerprint density at radius 3 is 2.80 bits per heavy atom. The molecule has 7 nitrogen and oxygen atoms in total. The van der Waals surface area contributed by atoms with E-state index in [2.05, 4.69) is 20.4 Å². The zero-order valence-corrected chi connectivity index (χ0v) is 14.4. The summed E-state index contributed by atoms with van der Waals surface area (Å²) in [6, 6.07) is 9.80. The van der Waals surface area contributed by atoms with E-state index in [9.17, 15) is 4.79 Å². The van der Waals surface area contributed by atoms with Gasteiger partial charge in [0.25, 0.3) is 0 Å². The number of hydrogen-bond acceptors (Lipinski definition) is 5. The van der Waals surface area contributed by atoms with Crippen LogP contribution in [-0.2, 0) is 0 Å². The Labute approximate surface area is 148 Å². The quantitative estimate of drug-likeness (QED) is 0.786. The van der Waals surface area contributed by atoms with Gasteiger partial charge < -0.3 is 0 Å². The van der Waals surface area contributed by atoms with Crippen molar-refractivity contribution in [3.63, 3.8) is 0 Å². The first-order chi connectivity index (χ1) is 12.2. The second-order valence-corrected chi connectivity index (χ2v) is 6.58. The molecule has 8 heteroatoms. The molecular formula is C17H16N6OS. The molecule has 1 N–H and O–H groups in total. The van der Waals surface area contributed by atoms with E-state index >= 15 is 0 Å². The molecule has 2 aromatic heterocycles. The van der Waals surface area contributed by atoms with Crippen molar-refractivity contribution < 1.29 is 4.79 Å². The molecule has 0 radical (unpaired) electrons. The van der Waals surface area contributed by atoms with Crippen LogP contribution in [0.5, 0.6) is 0 Å². The lowest BCUT2D eigenvalue weighted by atomic mass is 10.1. The van der Waals surface area contributed by atoms with Gasteiger partial charge in [0.05, 0.1) is 29.1 Å². The molecule has 1 aliphatic heterocycles. The largest absolute Gasteiger partial charge is 0.328 e. The number of nitrogens with one attached hydrogen (secondary N) is 1. The standard InChI is InChI=1S/C17H16N6OS/c1-12-15(13-3-5-14(6-4-13)23-9-2-7-19-23)25-16(20-12)21-17(24)22-10-8-18-11-22/h2-7,9,11H,8,10H2,1H3,(H,20,21,24). The van der Waals surface area contributed by atoms with Gasteiger partial charge >= 0.3 is 6.03 Å². The van der Waals surface area contributed by atoms with E-state index < -0.39 is 0 Å². The molecule has 0 fully saturated rings. The van der Waals surface area contributed by atoms with Crippen molar-refractivity contribution in [1.29, 1.82) is 0 Å². The summed E-state index contributed by atoms with van der Waals surface area (Å²) in [6.07, 6.45) is 5.22. The number of thiazole rings is 1. The molecule has 3 heterocycles. The number of aryl methyl sites for hydroxylation is 1. The van der Waals surface area contributed by atoms with E-state index in [1.54, 1.807) is 17.4 Å². The number of rotatable bonds is 3. The van der Waals surface area contributed by atoms with Gasteiger partial charge in [0.15, 0.2) is 5.13 Å². The number of aromatic nitrogens is 3. The molecule has 3 aromatic rings. The van der Waals surface area contributed by atoms with Crippen LogP contribution in [-0.4, -0.2) is 45.1 Å². The maximum absolute atomic E-state index is 12.1. The Kier molecular flexibility index (Phi) is 4.02. The van der Waals surface area contributed by atoms with Crippen LogP contribution in [0.3, 0.4) is 0 Å². The van der Waals surface area contributed by atoms with Crippen LogP contribution in [0, 0.1) is 6.92 Å². The third-order valence-electron chi connectivity index (χ3n) is 3.86. The molecule has 1 aromatic carbocycles. The molecule has 0 spiro atoms. The van der Waals surface area contributed by atoms with Crippen LogP contribution in [0.15, 0.2) is 47.7 Å². The highest BCUT2D eigenvalue weighted by Gasteiger charge is 2.17. The number of anilines is 1. The minimum Gasteiger partial charge on any atom is -0.283 e. The van der Waals surface area contributed by atoms with Gasteiger partial charge in [0.2, 0.25) is 0 Å². The maximum atomic E-state index is 12.1. The Balaban J connectivity index is 1.53. The maximum Gasteiger partial charge on any atom is 0.328 e. The average Bonchev–Trinajstić information content (AvgIpc) is 3.37. The Morgan fingerprint density at radius 1 is 1.28 bits per heavy atom. The fourth-order valence-electron chi connectivity index (χ4n) is 2.60. The number of benzene rings is 1. The van der Waals surface area contributed by atoms with E-state index in [0.717, 1.165) is 21.8 Å². The third-order valence-corrected chi connectivity index (χ3v) is 4.98. The normalized spacial score (nSPS) is 13.4. The molecule has 0 aliphatic carbocycles. The predicted molar refractivity (Wildman–Crippen MR) is 98.5 cm³/mol. The van der Waals surface area contributed by atoms with Crippen molar-refractivity contribution in [3.8, 4) is 16.1 Å². The molecule has 25 heavy (non-hydrogen) atoms. The first-order valence-electron chi connectivity index (χ1n) is 7.86. The van der Waals surface area contributed by atoms with Crippen LogP contribution in [0.25, 0.3) is 16.1 Å². The number of aliphatic imine (C=N–C) groups is 1. The first kappa shape index (κ1) is 15.5. The van der Waals surface area contributed by atoms with Crippen LogP contribution in [0.4, 0.5) is 9.93 Å². The minimum atomic E-state index is -0.199. The van der Waals surface area contributed by atoms with Crippen molar-refractivity contribution in [2.24, 2.45) is 4.99 Å². The minimum absolute atomic E-state index is 0.199. The first-order valence-corrected chi connectivity index (χ1v) is 8.68. The highest BCUT2D eigenvalue weighted by molar-refractivity contribution is 7.19. The summed E-state index contributed by atoms with van der Waals surface area (Å²) in [5.41, 5.74) is 2.95. The fraction of sp³-hybridized carbons (Fsp3) is 0.176. The zero-order valence-electron chi connectivity index (χ0n) is 13.6. The molecule has 0 saturated heterocycles. The number of nitrogens with zero attached hydrogens (tertiary/aromatic N) is 5. The second kappa shape index (κ2) is 6.48. The Bertz CT molecular complexity index is 913. The highest BCUT2D eigenvalue weighted by atomic mass is 32.1. The molecular weight excluding hydrogens is 336 g/mol. The molecule has 2 amide bonds. The van der Waals surface area contributed by atoms with E-state index in [4.69, 9.17) is 0 Å². The van der Waals surface area contributed by atoms with E-state index in [0.29, 0.717) is 18.2 Å². The topological polar surface area (TPSA) is 75.4 Å². The SMILES string of the molecule is Cc1nc(NC(=O)N2C=NCC2)sc1-c1ccc(-n2cccn2)cc1. The number of amides is 2. The summed E-state index contributed by atoms with van der Waals surface area (Å²) in [4.78, 5) is 23.2. The van der Waals surface area contributed by atoms with Crippen molar-refractivity contribution in [3.05, 3.63) is 48.4 Å². The third kappa shape index (κ3) is 3.16. The molecule has 1 aliphatic rings. The monoisotopic (exact) mass is 352 g/mol. The van der Waals surface area contributed by atoms with Crippen LogP contribution in [0.1, 0.15) is 5.69 Å². The summed E-state index contributed by atoms with van der Waals surface area (Å²) < 4.78 is 1.81. The summed E-state index contributed by atoms with van der Waals surface area (Å²) in [6.45, 7) is 3.20. The molecule has 0 saturated carbocycles. The van der Waals surface area contributed by atoms with Gasteiger partial charge in [-0.1, -0.05) is 23.5 Å². The van der Waals surface area contributed by atoms with E-state index in [1.165, 1.54) is 11.3 Å². The van der Waals surface area contributed by atoms with Crippen molar-refractivity contribution in [1.82, 2.24) is 19.7 Å². The lowest BCUT2D eigenvalue weighted by Gasteiger charge is -2.10. The number of urea groups is 1. The molecule has 0 bridgehead atoms. The zero-order chi connectivity index (χ0) is 17.2. The molecule has 0 unspecified atom stereocenters. The lowest BCUT2D eigenvalue weighted by molar-refractivity contribution is 0.237. The van der Waals surface area contributed by atoms with Gasteiger partial charge in [-0.05, 0) is 30.7 Å². The van der Waals surface area contributed by atoms with Gasteiger partial charge in [0.1, 0.15) is 0 Å². The summed E-state index contributed by atoms with van der Waals surface area (Å²) in [5.74, 6) is 0. The second-order valence-electron chi connectivity index (χ2n) is 5.58. The summed E-state index contributed by atoms with van der Waals surface area (Å²) in [7, 11) is 0. The highest BCUT2D eigenvalue weighted by Crippen LogP contribution is 2.33. The number of carbonyl (C=O) groups excluding carboxylic acids is 1. The van der Waals surface area contributed by atoms with Crippen LogP contribution >= 0.6 is 11.3 Å².